The van der Waals surface area contributed by atoms with E-state index in [2.05, 4.69) is 25.4 Å². The first-order valence-electron chi connectivity index (χ1n) is 4.04. The molecule has 0 saturated heterocycles. The number of hydrogen-bond donors (Lipinski definition) is 1. The van der Waals surface area contributed by atoms with Crippen molar-refractivity contribution in [2.45, 2.75) is 19.8 Å². The molecule has 0 bridgehead atoms. The largest absolute Gasteiger partial charge is 0.397 e. The zero-order chi connectivity index (χ0) is 9.14. The zero-order valence-corrected chi connectivity index (χ0v) is 7.54. The van der Waals surface area contributed by atoms with Gasteiger partial charge in [-0.2, -0.15) is 0 Å². The van der Waals surface area contributed by atoms with E-state index in [0.717, 1.165) is 11.4 Å². The van der Waals surface area contributed by atoms with E-state index < -0.39 is 0 Å². The van der Waals surface area contributed by atoms with Gasteiger partial charge in [0.1, 0.15) is 0 Å². The van der Waals surface area contributed by atoms with Gasteiger partial charge in [-0.3, -0.25) is 4.98 Å². The van der Waals surface area contributed by atoms with Crippen molar-refractivity contribution in [1.29, 1.82) is 0 Å². The van der Waals surface area contributed by atoms with Crippen LogP contribution in [0.15, 0.2) is 18.7 Å². The molecule has 0 unspecified atom stereocenters. The van der Waals surface area contributed by atoms with Crippen LogP contribution in [-0.4, -0.2) is 4.98 Å². The topological polar surface area (TPSA) is 38.9 Å². The molecule has 64 valence electrons. The van der Waals surface area contributed by atoms with Gasteiger partial charge in [-0.25, -0.2) is 0 Å². The molecule has 1 rings (SSSR count). The van der Waals surface area contributed by atoms with E-state index in [-0.39, 0.29) is 0 Å². The molecule has 0 aliphatic carbocycles. The van der Waals surface area contributed by atoms with Crippen LogP contribution < -0.4 is 5.73 Å². The summed E-state index contributed by atoms with van der Waals surface area (Å²) in [6.07, 6.45) is 1.68. The molecule has 1 aromatic heterocycles. The monoisotopic (exact) mass is 162 g/mol. The van der Waals surface area contributed by atoms with E-state index >= 15 is 0 Å². The minimum Gasteiger partial charge on any atom is -0.397 e. The molecule has 1 heterocycles. The Morgan fingerprint density at radius 3 is 2.67 bits per heavy atom. The van der Waals surface area contributed by atoms with E-state index in [1.165, 1.54) is 0 Å². The van der Waals surface area contributed by atoms with Gasteiger partial charge in [-0.15, -0.1) is 0 Å². The summed E-state index contributed by atoms with van der Waals surface area (Å²) < 4.78 is 0. The summed E-state index contributed by atoms with van der Waals surface area (Å²) in [5.74, 6) is 0.435. The normalized spacial score (nSPS) is 10.2. The Morgan fingerprint density at radius 1 is 1.50 bits per heavy atom. The maximum atomic E-state index is 5.67. The lowest BCUT2D eigenvalue weighted by Gasteiger charge is -2.06. The molecule has 0 atom stereocenters. The fraction of sp³-hybridized carbons (Fsp3) is 0.300. The first-order chi connectivity index (χ1) is 5.65. The van der Waals surface area contributed by atoms with Crippen molar-refractivity contribution in [3.8, 4) is 0 Å². The SMILES string of the molecule is C=Cc1nc(C(C)C)ccc1N. The summed E-state index contributed by atoms with van der Waals surface area (Å²) in [6, 6.07) is 3.83. The van der Waals surface area contributed by atoms with Crippen molar-refractivity contribution >= 4 is 11.8 Å². The summed E-state index contributed by atoms with van der Waals surface area (Å²) in [5.41, 5.74) is 8.19. The molecule has 2 heteroatoms. The van der Waals surface area contributed by atoms with Crippen molar-refractivity contribution in [3.05, 3.63) is 30.1 Å². The van der Waals surface area contributed by atoms with Gasteiger partial charge in [0, 0.05) is 5.69 Å². The van der Waals surface area contributed by atoms with Gasteiger partial charge in [0.2, 0.25) is 0 Å². The van der Waals surface area contributed by atoms with E-state index in [4.69, 9.17) is 5.73 Å². The van der Waals surface area contributed by atoms with Crippen LogP contribution in [0, 0.1) is 0 Å². The summed E-state index contributed by atoms with van der Waals surface area (Å²) >= 11 is 0. The third kappa shape index (κ3) is 1.64. The summed E-state index contributed by atoms with van der Waals surface area (Å²) in [6.45, 7) is 7.85. The quantitative estimate of drug-likeness (QED) is 0.725. The van der Waals surface area contributed by atoms with E-state index in [1.807, 2.05) is 12.1 Å². The molecule has 0 aliphatic heterocycles. The highest BCUT2D eigenvalue weighted by Crippen LogP contribution is 2.16. The lowest BCUT2D eigenvalue weighted by molar-refractivity contribution is 0.822. The highest BCUT2D eigenvalue weighted by molar-refractivity contribution is 5.59. The van der Waals surface area contributed by atoms with E-state index in [0.29, 0.717) is 11.6 Å². The fourth-order valence-corrected chi connectivity index (χ4v) is 0.986. The Hall–Kier alpha value is -1.31. The van der Waals surface area contributed by atoms with Gasteiger partial charge in [0.05, 0.1) is 11.4 Å². The van der Waals surface area contributed by atoms with Crippen LogP contribution in [0.2, 0.25) is 0 Å². The zero-order valence-electron chi connectivity index (χ0n) is 7.54. The minimum atomic E-state index is 0.435. The van der Waals surface area contributed by atoms with Crippen LogP contribution in [-0.2, 0) is 0 Å². The fourth-order valence-electron chi connectivity index (χ4n) is 0.986. The smallest absolute Gasteiger partial charge is 0.0856 e. The number of hydrogen-bond acceptors (Lipinski definition) is 2. The molecule has 0 radical (unpaired) electrons. The molecule has 0 aromatic carbocycles. The van der Waals surface area contributed by atoms with Crippen LogP contribution in [0.25, 0.3) is 6.08 Å². The number of aromatic nitrogens is 1. The van der Waals surface area contributed by atoms with Gasteiger partial charge in [-0.05, 0) is 24.1 Å². The number of pyridine rings is 1. The number of nitrogens with two attached hydrogens (primary N) is 1. The Kier molecular flexibility index (Phi) is 2.48. The Bertz CT molecular complexity index is 290. The second-order valence-corrected chi connectivity index (χ2v) is 3.07. The van der Waals surface area contributed by atoms with E-state index in [9.17, 15) is 0 Å². The lowest BCUT2D eigenvalue weighted by Crippen LogP contribution is -1.98. The number of nitrogens with zero attached hydrogens (tertiary/aromatic N) is 1. The predicted octanol–water partition coefficient (Wildman–Crippen LogP) is 2.43. The summed E-state index contributed by atoms with van der Waals surface area (Å²) in [5, 5.41) is 0. The highest BCUT2D eigenvalue weighted by atomic mass is 14.8. The van der Waals surface area contributed by atoms with Crippen LogP contribution >= 0.6 is 0 Å². The number of anilines is 1. The predicted molar refractivity (Wildman–Crippen MR) is 52.8 cm³/mol. The molecule has 0 spiro atoms. The summed E-state index contributed by atoms with van der Waals surface area (Å²) in [4.78, 5) is 4.35. The number of rotatable bonds is 2. The van der Waals surface area contributed by atoms with Crippen molar-refractivity contribution in [2.24, 2.45) is 0 Å². The molecule has 12 heavy (non-hydrogen) atoms. The molecular formula is C10H14N2. The van der Waals surface area contributed by atoms with Crippen molar-refractivity contribution < 1.29 is 0 Å². The Morgan fingerprint density at radius 2 is 2.17 bits per heavy atom. The first-order valence-corrected chi connectivity index (χ1v) is 4.04. The first kappa shape index (κ1) is 8.78. The minimum absolute atomic E-state index is 0.435. The molecule has 0 saturated carbocycles. The van der Waals surface area contributed by atoms with Gasteiger partial charge < -0.3 is 5.73 Å². The molecule has 2 N–H and O–H groups in total. The highest BCUT2D eigenvalue weighted by Gasteiger charge is 2.02. The average Bonchev–Trinajstić information content (AvgIpc) is 2.05. The lowest BCUT2D eigenvalue weighted by atomic mass is 10.1. The van der Waals surface area contributed by atoms with Crippen LogP contribution in [0.5, 0.6) is 0 Å². The standard InChI is InChI=1S/C10H14N2/c1-4-9-8(11)5-6-10(12-9)7(2)3/h4-7H,1,11H2,2-3H3. The Labute approximate surface area is 73.1 Å². The van der Waals surface area contributed by atoms with Crippen LogP contribution in [0.3, 0.4) is 0 Å². The van der Waals surface area contributed by atoms with Crippen LogP contribution in [0.1, 0.15) is 31.2 Å². The van der Waals surface area contributed by atoms with Gasteiger partial charge >= 0.3 is 0 Å². The van der Waals surface area contributed by atoms with Crippen molar-refractivity contribution in [2.75, 3.05) is 5.73 Å². The van der Waals surface area contributed by atoms with Gasteiger partial charge in [0.25, 0.3) is 0 Å². The molecule has 0 fully saturated rings. The average molecular weight is 162 g/mol. The molecular weight excluding hydrogens is 148 g/mol. The molecule has 2 nitrogen and oxygen atoms in total. The van der Waals surface area contributed by atoms with Crippen LogP contribution in [0.4, 0.5) is 5.69 Å². The second kappa shape index (κ2) is 3.39. The third-order valence-electron chi connectivity index (χ3n) is 1.76. The maximum Gasteiger partial charge on any atom is 0.0856 e. The van der Waals surface area contributed by atoms with Crippen molar-refractivity contribution in [1.82, 2.24) is 4.98 Å². The third-order valence-corrected chi connectivity index (χ3v) is 1.76. The Balaban J connectivity index is 3.13. The van der Waals surface area contributed by atoms with Gasteiger partial charge in [-0.1, -0.05) is 20.4 Å². The van der Waals surface area contributed by atoms with Crippen molar-refractivity contribution in [3.63, 3.8) is 0 Å². The second-order valence-electron chi connectivity index (χ2n) is 3.07. The molecule has 0 aliphatic rings. The summed E-state index contributed by atoms with van der Waals surface area (Å²) in [7, 11) is 0. The van der Waals surface area contributed by atoms with Gasteiger partial charge in [0.15, 0.2) is 0 Å². The van der Waals surface area contributed by atoms with E-state index in [1.54, 1.807) is 6.08 Å². The molecule has 0 amide bonds. The maximum absolute atomic E-state index is 5.67. The molecule has 1 aromatic rings. The number of nitrogen functional groups attached to an aromatic ring is 1.